The minimum absolute atomic E-state index is 0.138. The Kier molecular flexibility index (Phi) is 4.41. The van der Waals surface area contributed by atoms with Gasteiger partial charge in [-0.25, -0.2) is 0 Å². The number of nitro groups is 1. The highest BCUT2D eigenvalue weighted by Gasteiger charge is 2.18. The second kappa shape index (κ2) is 5.80. The fraction of sp³-hybridized carbons (Fsp3) is 0.273. The molecule has 0 heterocycles. The highest BCUT2D eigenvalue weighted by atomic mass is 16.6. The first-order valence-electron chi connectivity index (χ1n) is 5.35. The number of amides is 2. The number of rotatable bonds is 5. The normalized spacial score (nSPS) is 9.79. The Morgan fingerprint density at radius 1 is 1.42 bits per heavy atom. The zero-order chi connectivity index (χ0) is 14.6. The molecule has 0 atom stereocenters. The second-order valence-corrected chi connectivity index (χ2v) is 4.01. The molecule has 3 N–H and O–H groups in total. The van der Waals surface area contributed by atoms with E-state index in [4.69, 9.17) is 5.73 Å². The van der Waals surface area contributed by atoms with Crippen molar-refractivity contribution in [2.24, 2.45) is 5.73 Å². The van der Waals surface area contributed by atoms with Crippen LogP contribution < -0.4 is 11.1 Å². The van der Waals surface area contributed by atoms with Crippen LogP contribution in [0.25, 0.3) is 0 Å². The fourth-order valence-electron chi connectivity index (χ4n) is 1.41. The van der Waals surface area contributed by atoms with E-state index in [9.17, 15) is 19.7 Å². The number of hydrogen-bond donors (Lipinski definition) is 2. The molecule has 1 rings (SSSR count). The van der Waals surface area contributed by atoms with Gasteiger partial charge in [0.2, 0.25) is 5.91 Å². The van der Waals surface area contributed by atoms with Gasteiger partial charge in [-0.1, -0.05) is 0 Å². The number of nitro benzene ring substituents is 1. The highest BCUT2D eigenvalue weighted by Crippen LogP contribution is 2.25. The third kappa shape index (κ3) is 3.66. The van der Waals surface area contributed by atoms with Crippen LogP contribution in [-0.4, -0.2) is 42.3 Å². The van der Waals surface area contributed by atoms with Gasteiger partial charge in [0, 0.05) is 25.7 Å². The minimum Gasteiger partial charge on any atom is -0.371 e. The lowest BCUT2D eigenvalue weighted by atomic mass is 10.1. The molecule has 0 fully saturated rings. The van der Waals surface area contributed by atoms with Gasteiger partial charge in [-0.05, 0) is 12.1 Å². The summed E-state index contributed by atoms with van der Waals surface area (Å²) in [7, 11) is 3.10. The summed E-state index contributed by atoms with van der Waals surface area (Å²) in [5.74, 6) is -0.979. The van der Waals surface area contributed by atoms with E-state index in [-0.39, 0.29) is 29.4 Å². The molecule has 0 saturated heterocycles. The Balaban J connectivity index is 3.11. The fourth-order valence-corrected chi connectivity index (χ4v) is 1.41. The number of benzene rings is 1. The molecule has 8 heteroatoms. The summed E-state index contributed by atoms with van der Waals surface area (Å²) in [5.41, 5.74) is 5.00. The second-order valence-electron chi connectivity index (χ2n) is 4.01. The van der Waals surface area contributed by atoms with Crippen molar-refractivity contribution < 1.29 is 14.5 Å². The van der Waals surface area contributed by atoms with Crippen LogP contribution in [0.5, 0.6) is 0 Å². The van der Waals surface area contributed by atoms with Crippen molar-refractivity contribution in [1.82, 2.24) is 4.90 Å². The summed E-state index contributed by atoms with van der Waals surface area (Å²) in [6.45, 7) is -0.220. The number of carbonyl (C=O) groups is 2. The molecule has 0 radical (unpaired) electrons. The lowest BCUT2D eigenvalue weighted by Gasteiger charge is -2.11. The lowest BCUT2D eigenvalue weighted by molar-refractivity contribution is -0.384. The Labute approximate surface area is 109 Å². The van der Waals surface area contributed by atoms with E-state index < -0.39 is 10.8 Å². The van der Waals surface area contributed by atoms with Crippen LogP contribution in [0.1, 0.15) is 10.4 Å². The number of nitrogens with two attached hydrogens (primary N) is 1. The maximum Gasteiger partial charge on any atom is 0.293 e. The van der Waals surface area contributed by atoms with E-state index in [0.29, 0.717) is 0 Å². The number of hydrogen-bond acceptors (Lipinski definition) is 5. The van der Waals surface area contributed by atoms with Gasteiger partial charge in [0.25, 0.3) is 11.6 Å². The van der Waals surface area contributed by atoms with Gasteiger partial charge in [0.15, 0.2) is 0 Å². The maximum atomic E-state index is 11.7. The summed E-state index contributed by atoms with van der Waals surface area (Å²) in [6, 6.07) is 3.97. The van der Waals surface area contributed by atoms with Crippen molar-refractivity contribution in [2.75, 3.05) is 26.0 Å². The monoisotopic (exact) mass is 266 g/mol. The van der Waals surface area contributed by atoms with Crippen LogP contribution in [0.4, 0.5) is 11.4 Å². The number of nitrogens with one attached hydrogen (secondary N) is 1. The van der Waals surface area contributed by atoms with Crippen molar-refractivity contribution >= 4 is 23.2 Å². The van der Waals surface area contributed by atoms with Crippen LogP contribution in [-0.2, 0) is 4.79 Å². The van der Waals surface area contributed by atoms with Crippen LogP contribution >= 0.6 is 0 Å². The van der Waals surface area contributed by atoms with Crippen LogP contribution in [0.3, 0.4) is 0 Å². The standard InChI is InChI=1S/C11H14N4O4/c1-14(2)11(17)7-3-4-8(13-6-10(12)16)9(5-7)15(18)19/h3-5,13H,6H2,1-2H3,(H2,12,16). The summed E-state index contributed by atoms with van der Waals surface area (Å²) < 4.78 is 0. The molecule has 1 aromatic rings. The highest BCUT2D eigenvalue weighted by molar-refractivity contribution is 5.95. The molecule has 0 bridgehead atoms. The van der Waals surface area contributed by atoms with Crippen molar-refractivity contribution in [1.29, 1.82) is 0 Å². The Morgan fingerprint density at radius 3 is 2.53 bits per heavy atom. The van der Waals surface area contributed by atoms with Crippen molar-refractivity contribution in [3.63, 3.8) is 0 Å². The molecule has 0 aliphatic carbocycles. The Bertz CT molecular complexity index is 527. The predicted octanol–water partition coefficient (Wildman–Crippen LogP) is 0.194. The van der Waals surface area contributed by atoms with E-state index in [2.05, 4.69) is 5.32 Å². The average molecular weight is 266 g/mol. The maximum absolute atomic E-state index is 11.7. The van der Waals surface area contributed by atoms with Crippen LogP contribution in [0, 0.1) is 10.1 Å². The van der Waals surface area contributed by atoms with Gasteiger partial charge in [0.1, 0.15) is 5.69 Å². The first-order chi connectivity index (χ1) is 8.82. The zero-order valence-electron chi connectivity index (χ0n) is 10.5. The van der Waals surface area contributed by atoms with Gasteiger partial charge in [-0.3, -0.25) is 19.7 Å². The quantitative estimate of drug-likeness (QED) is 0.582. The smallest absolute Gasteiger partial charge is 0.293 e. The molecule has 0 spiro atoms. The van der Waals surface area contributed by atoms with Gasteiger partial charge in [0.05, 0.1) is 11.5 Å². The van der Waals surface area contributed by atoms with Crippen molar-refractivity contribution in [3.8, 4) is 0 Å². The third-order valence-electron chi connectivity index (χ3n) is 2.30. The first-order valence-corrected chi connectivity index (χ1v) is 5.35. The van der Waals surface area contributed by atoms with E-state index in [1.807, 2.05) is 0 Å². The molecule has 0 aromatic heterocycles. The SMILES string of the molecule is CN(C)C(=O)c1ccc(NCC(N)=O)c([N+](=O)[O-])c1. The van der Waals surface area contributed by atoms with Crippen molar-refractivity contribution in [2.45, 2.75) is 0 Å². The summed E-state index contributed by atoms with van der Waals surface area (Å²) in [6.07, 6.45) is 0. The number of nitrogens with zero attached hydrogens (tertiary/aromatic N) is 2. The molecule has 0 saturated carbocycles. The van der Waals surface area contributed by atoms with Gasteiger partial charge in [-0.15, -0.1) is 0 Å². The largest absolute Gasteiger partial charge is 0.371 e. The molecule has 0 unspecified atom stereocenters. The lowest BCUT2D eigenvalue weighted by Crippen LogP contribution is -2.23. The number of carbonyl (C=O) groups excluding carboxylic acids is 2. The van der Waals surface area contributed by atoms with Gasteiger partial charge >= 0.3 is 0 Å². The Morgan fingerprint density at radius 2 is 2.05 bits per heavy atom. The molecule has 2 amide bonds. The van der Waals surface area contributed by atoms with Gasteiger partial charge < -0.3 is 16.0 Å². The molecule has 8 nitrogen and oxygen atoms in total. The minimum atomic E-state index is -0.636. The van der Waals surface area contributed by atoms with Gasteiger partial charge in [-0.2, -0.15) is 0 Å². The first kappa shape index (κ1) is 14.4. The molecular formula is C11H14N4O4. The summed E-state index contributed by atoms with van der Waals surface area (Å²) >= 11 is 0. The molecule has 0 aliphatic rings. The predicted molar refractivity (Wildman–Crippen MR) is 68.8 cm³/mol. The molecular weight excluding hydrogens is 252 g/mol. The van der Waals surface area contributed by atoms with E-state index >= 15 is 0 Å². The third-order valence-corrected chi connectivity index (χ3v) is 2.30. The van der Waals surface area contributed by atoms with E-state index in [0.717, 1.165) is 6.07 Å². The molecule has 19 heavy (non-hydrogen) atoms. The van der Waals surface area contributed by atoms with Crippen molar-refractivity contribution in [3.05, 3.63) is 33.9 Å². The zero-order valence-corrected chi connectivity index (χ0v) is 10.5. The molecule has 102 valence electrons. The average Bonchev–Trinajstić information content (AvgIpc) is 2.34. The summed E-state index contributed by atoms with van der Waals surface area (Å²) in [4.78, 5) is 34.0. The van der Waals surface area contributed by atoms with E-state index in [1.165, 1.54) is 17.0 Å². The Hall–Kier alpha value is -2.64. The summed E-state index contributed by atoms with van der Waals surface area (Å²) in [5, 5.41) is 13.5. The molecule has 0 aliphatic heterocycles. The van der Waals surface area contributed by atoms with E-state index in [1.54, 1.807) is 14.1 Å². The van der Waals surface area contributed by atoms with Crippen LogP contribution in [0.2, 0.25) is 0 Å². The number of primary amides is 1. The van der Waals surface area contributed by atoms with Crippen LogP contribution in [0.15, 0.2) is 18.2 Å². The number of anilines is 1. The topological polar surface area (TPSA) is 119 Å². The molecule has 1 aromatic carbocycles.